The molecule has 1 aromatic carbocycles. The van der Waals surface area contributed by atoms with E-state index >= 15 is 0 Å². The Balaban J connectivity index is 1.55. The van der Waals surface area contributed by atoms with Crippen LogP contribution >= 0.6 is 11.3 Å². The number of likely N-dealkylation sites (N-methyl/N-ethyl adjacent to an activating group) is 1. The zero-order valence-corrected chi connectivity index (χ0v) is 17.5. The van der Waals surface area contributed by atoms with Crippen molar-refractivity contribution in [2.75, 3.05) is 32.4 Å². The molecule has 1 atom stereocenters. The molecule has 5 nitrogen and oxygen atoms in total. The first kappa shape index (κ1) is 19.4. The van der Waals surface area contributed by atoms with Crippen molar-refractivity contribution in [1.29, 1.82) is 0 Å². The third-order valence-corrected chi connectivity index (χ3v) is 7.25. The van der Waals surface area contributed by atoms with Gasteiger partial charge in [-0.05, 0) is 44.8 Å². The van der Waals surface area contributed by atoms with Gasteiger partial charge in [0.1, 0.15) is 0 Å². The molecule has 1 amide bonds. The lowest BCUT2D eigenvalue weighted by atomic mass is 9.70. The Labute approximate surface area is 171 Å². The molecule has 150 valence electrons. The maximum atomic E-state index is 13.3. The van der Waals surface area contributed by atoms with E-state index in [1.54, 1.807) is 0 Å². The number of nitrogens with two attached hydrogens (primary N) is 1. The average molecular weight is 399 g/mol. The third kappa shape index (κ3) is 3.67. The smallest absolute Gasteiger partial charge is 0.239 e. The van der Waals surface area contributed by atoms with E-state index in [0.717, 1.165) is 51.0 Å². The lowest BCUT2D eigenvalue weighted by molar-refractivity contribution is -0.138. The number of thiazole rings is 1. The van der Waals surface area contributed by atoms with Gasteiger partial charge in [-0.1, -0.05) is 43.2 Å². The van der Waals surface area contributed by atoms with Gasteiger partial charge < -0.3 is 10.6 Å². The molecular formula is C22H30N4OS. The number of benzene rings is 1. The molecule has 0 spiro atoms. The Bertz CT molecular complexity index is 798. The van der Waals surface area contributed by atoms with Crippen LogP contribution in [0.1, 0.15) is 49.8 Å². The van der Waals surface area contributed by atoms with E-state index in [9.17, 15) is 4.79 Å². The number of nitrogen functional groups attached to an aromatic ring is 1. The molecule has 2 fully saturated rings. The fourth-order valence-corrected chi connectivity index (χ4v) is 5.50. The number of hydrogen-bond acceptors (Lipinski definition) is 5. The standard InChI is InChI=1S/C22H30N4OS/c1-25-13-7-3-6-10-18(25)20(27)26-14-11-22(12-15-26,17-8-4-2-5-9-17)19-16-28-21(23)24-19/h2,4-5,8-9,16,18H,3,6-7,10-15H2,1H3,(H2,23,24). The van der Waals surface area contributed by atoms with Gasteiger partial charge in [0.15, 0.2) is 5.13 Å². The second-order valence-corrected chi connectivity index (χ2v) is 9.08. The second kappa shape index (κ2) is 8.21. The fraction of sp³-hybridized carbons (Fsp3) is 0.545. The zero-order chi connectivity index (χ0) is 19.6. The fourth-order valence-electron chi connectivity index (χ4n) is 4.84. The van der Waals surface area contributed by atoms with Gasteiger partial charge in [0.05, 0.1) is 11.7 Å². The minimum atomic E-state index is -0.151. The summed E-state index contributed by atoms with van der Waals surface area (Å²) < 4.78 is 0. The molecule has 0 bridgehead atoms. The number of anilines is 1. The average Bonchev–Trinajstić information content (AvgIpc) is 3.06. The molecular weight excluding hydrogens is 368 g/mol. The number of likely N-dealkylation sites (tertiary alicyclic amines) is 2. The highest BCUT2D eigenvalue weighted by Crippen LogP contribution is 2.42. The van der Waals surface area contributed by atoms with Crippen molar-refractivity contribution in [1.82, 2.24) is 14.8 Å². The SMILES string of the molecule is CN1CCCCCC1C(=O)N1CCC(c2ccccc2)(c2csc(N)n2)CC1. The lowest BCUT2D eigenvalue weighted by Crippen LogP contribution is -2.52. The molecule has 1 unspecified atom stereocenters. The molecule has 4 rings (SSSR count). The summed E-state index contributed by atoms with van der Waals surface area (Å²) in [5, 5.41) is 2.71. The molecule has 2 aliphatic rings. The van der Waals surface area contributed by atoms with E-state index in [1.165, 1.54) is 29.7 Å². The summed E-state index contributed by atoms with van der Waals surface area (Å²) in [6, 6.07) is 10.6. The predicted octanol–water partition coefficient (Wildman–Crippen LogP) is 3.51. The number of nitrogens with zero attached hydrogens (tertiary/aromatic N) is 3. The molecule has 0 saturated carbocycles. The highest BCUT2D eigenvalue weighted by molar-refractivity contribution is 7.13. The third-order valence-electron chi connectivity index (χ3n) is 6.57. The Morgan fingerprint density at radius 1 is 1.14 bits per heavy atom. The Kier molecular flexibility index (Phi) is 5.69. The zero-order valence-electron chi connectivity index (χ0n) is 16.6. The summed E-state index contributed by atoms with van der Waals surface area (Å²) >= 11 is 1.50. The van der Waals surface area contributed by atoms with Crippen molar-refractivity contribution >= 4 is 22.4 Å². The van der Waals surface area contributed by atoms with Crippen molar-refractivity contribution < 1.29 is 4.79 Å². The Hall–Kier alpha value is -1.92. The predicted molar refractivity (Wildman–Crippen MR) is 114 cm³/mol. The molecule has 0 radical (unpaired) electrons. The van der Waals surface area contributed by atoms with Crippen molar-refractivity contribution in [3.63, 3.8) is 0 Å². The maximum Gasteiger partial charge on any atom is 0.239 e. The molecule has 2 aliphatic heterocycles. The Morgan fingerprint density at radius 2 is 1.89 bits per heavy atom. The summed E-state index contributed by atoms with van der Waals surface area (Å²) in [7, 11) is 2.10. The molecule has 6 heteroatoms. The summed E-state index contributed by atoms with van der Waals surface area (Å²) in [5.74, 6) is 0.309. The van der Waals surface area contributed by atoms with Crippen LogP contribution in [0.2, 0.25) is 0 Å². The molecule has 2 saturated heterocycles. The summed E-state index contributed by atoms with van der Waals surface area (Å²) in [5.41, 5.74) is 8.14. The summed E-state index contributed by atoms with van der Waals surface area (Å²) in [4.78, 5) is 22.3. The molecule has 0 aliphatic carbocycles. The minimum absolute atomic E-state index is 0.0432. The normalized spacial score (nSPS) is 23.3. The van der Waals surface area contributed by atoms with Gasteiger partial charge >= 0.3 is 0 Å². The monoisotopic (exact) mass is 398 g/mol. The number of amides is 1. The molecule has 1 aromatic heterocycles. The van der Waals surface area contributed by atoms with Crippen molar-refractivity contribution in [3.05, 3.63) is 47.0 Å². The first-order valence-corrected chi connectivity index (χ1v) is 11.2. The number of hydrogen-bond donors (Lipinski definition) is 1. The van der Waals surface area contributed by atoms with Crippen LogP contribution in [0.4, 0.5) is 5.13 Å². The number of carbonyl (C=O) groups is 1. The van der Waals surface area contributed by atoms with Crippen LogP contribution in [0.5, 0.6) is 0 Å². The van der Waals surface area contributed by atoms with Gasteiger partial charge in [-0.2, -0.15) is 0 Å². The summed E-state index contributed by atoms with van der Waals surface area (Å²) in [6.07, 6.45) is 6.35. The lowest BCUT2D eigenvalue weighted by Gasteiger charge is -2.43. The van der Waals surface area contributed by atoms with E-state index in [-0.39, 0.29) is 11.5 Å². The van der Waals surface area contributed by atoms with Crippen LogP contribution in [0, 0.1) is 0 Å². The van der Waals surface area contributed by atoms with Crippen LogP contribution in [-0.2, 0) is 10.2 Å². The van der Waals surface area contributed by atoms with E-state index in [2.05, 4.69) is 51.5 Å². The molecule has 28 heavy (non-hydrogen) atoms. The largest absolute Gasteiger partial charge is 0.375 e. The van der Waals surface area contributed by atoms with Crippen LogP contribution in [0.3, 0.4) is 0 Å². The maximum absolute atomic E-state index is 13.3. The number of carbonyl (C=O) groups excluding carboxylic acids is 1. The van der Waals surface area contributed by atoms with Gasteiger partial charge in [0, 0.05) is 23.9 Å². The van der Waals surface area contributed by atoms with Crippen molar-refractivity contribution in [3.8, 4) is 0 Å². The van der Waals surface area contributed by atoms with Gasteiger partial charge in [-0.3, -0.25) is 9.69 Å². The van der Waals surface area contributed by atoms with Gasteiger partial charge in [-0.15, -0.1) is 11.3 Å². The van der Waals surface area contributed by atoms with Crippen LogP contribution in [0.15, 0.2) is 35.7 Å². The topological polar surface area (TPSA) is 62.5 Å². The van der Waals surface area contributed by atoms with Crippen molar-refractivity contribution in [2.45, 2.75) is 50.0 Å². The highest BCUT2D eigenvalue weighted by atomic mass is 32.1. The van der Waals surface area contributed by atoms with E-state index in [0.29, 0.717) is 11.0 Å². The van der Waals surface area contributed by atoms with Crippen LogP contribution in [0.25, 0.3) is 0 Å². The molecule has 3 heterocycles. The van der Waals surface area contributed by atoms with E-state index < -0.39 is 0 Å². The van der Waals surface area contributed by atoms with Crippen LogP contribution < -0.4 is 5.73 Å². The van der Waals surface area contributed by atoms with Crippen molar-refractivity contribution in [2.24, 2.45) is 0 Å². The van der Waals surface area contributed by atoms with Gasteiger partial charge in [0.2, 0.25) is 5.91 Å². The Morgan fingerprint density at radius 3 is 2.57 bits per heavy atom. The first-order valence-electron chi connectivity index (χ1n) is 10.4. The van der Waals surface area contributed by atoms with E-state index in [1.807, 2.05) is 6.07 Å². The van der Waals surface area contributed by atoms with Crippen LogP contribution in [-0.4, -0.2) is 53.4 Å². The number of rotatable bonds is 3. The molecule has 2 N–H and O–H groups in total. The molecule has 2 aromatic rings. The second-order valence-electron chi connectivity index (χ2n) is 8.19. The van der Waals surface area contributed by atoms with E-state index in [4.69, 9.17) is 5.73 Å². The quantitative estimate of drug-likeness (QED) is 0.859. The van der Waals surface area contributed by atoms with Gasteiger partial charge in [-0.25, -0.2) is 4.98 Å². The number of piperidine rings is 1. The number of aromatic nitrogens is 1. The summed E-state index contributed by atoms with van der Waals surface area (Å²) in [6.45, 7) is 2.57. The highest BCUT2D eigenvalue weighted by Gasteiger charge is 2.42. The first-order chi connectivity index (χ1) is 13.6. The minimum Gasteiger partial charge on any atom is -0.375 e. The van der Waals surface area contributed by atoms with Gasteiger partial charge in [0.25, 0.3) is 0 Å².